The summed E-state index contributed by atoms with van der Waals surface area (Å²) >= 11 is 0. The van der Waals surface area contributed by atoms with Gasteiger partial charge in [0.05, 0.1) is 14.2 Å². The smallest absolute Gasteiger partial charge is 0.294 e. The van der Waals surface area contributed by atoms with Crippen LogP contribution < -0.4 is 4.74 Å². The van der Waals surface area contributed by atoms with Crippen LogP contribution in [0.2, 0.25) is 0 Å². The number of ether oxygens (including phenoxy) is 2. The molecular formula is C19H23NO7S. The zero-order valence-electron chi connectivity index (χ0n) is 15.9. The van der Waals surface area contributed by atoms with E-state index in [0.29, 0.717) is 24.9 Å². The summed E-state index contributed by atoms with van der Waals surface area (Å²) in [7, 11) is -0.132. The van der Waals surface area contributed by atoms with Crippen LogP contribution in [0.3, 0.4) is 0 Å². The molecule has 2 aliphatic carbocycles. The third-order valence-electron chi connectivity index (χ3n) is 6.55. The highest BCUT2D eigenvalue weighted by Crippen LogP contribution is 2.60. The highest BCUT2D eigenvalue weighted by atomic mass is 32.2. The van der Waals surface area contributed by atoms with E-state index in [0.717, 1.165) is 5.56 Å². The molecule has 1 aromatic rings. The first-order chi connectivity index (χ1) is 13.2. The molecule has 0 saturated carbocycles. The number of rotatable bonds is 3. The van der Waals surface area contributed by atoms with Gasteiger partial charge in [0, 0.05) is 29.4 Å². The van der Waals surface area contributed by atoms with Gasteiger partial charge in [-0.15, -0.1) is 0 Å². The minimum Gasteiger partial charge on any atom is -0.504 e. The molecular weight excluding hydrogens is 386 g/mol. The number of benzene rings is 1. The molecule has 2 N–H and O–H groups in total. The predicted molar refractivity (Wildman–Crippen MR) is 99.8 cm³/mol. The van der Waals surface area contributed by atoms with Crippen molar-refractivity contribution in [3.8, 4) is 11.5 Å². The molecule has 1 heterocycles. The fourth-order valence-corrected chi connectivity index (χ4v) is 6.59. The maximum Gasteiger partial charge on any atom is 0.294 e. The molecule has 3 atom stereocenters. The number of Topliss-reactive ketones (excluding diaryl/α,β-unsaturated/α-hetero) is 1. The Kier molecular flexibility index (Phi) is 4.26. The number of hydrogen-bond donors (Lipinski definition) is 2. The largest absolute Gasteiger partial charge is 0.504 e. The summed E-state index contributed by atoms with van der Waals surface area (Å²) in [5.74, 6) is -1.32. The first-order valence-electron chi connectivity index (χ1n) is 9.04. The number of nitrogens with zero attached hydrogens (tertiary/aromatic N) is 1. The van der Waals surface area contributed by atoms with Crippen molar-refractivity contribution < 1.29 is 32.3 Å². The number of likely N-dealkylation sites (tertiary alicyclic amines) is 1. The van der Waals surface area contributed by atoms with Crippen molar-refractivity contribution in [1.82, 2.24) is 4.90 Å². The van der Waals surface area contributed by atoms with Crippen LogP contribution in [0.1, 0.15) is 24.0 Å². The predicted octanol–water partition coefficient (Wildman–Crippen LogP) is 1.23. The second kappa shape index (κ2) is 6.20. The van der Waals surface area contributed by atoms with Crippen LogP contribution in [0.4, 0.5) is 0 Å². The van der Waals surface area contributed by atoms with E-state index in [2.05, 4.69) is 0 Å². The van der Waals surface area contributed by atoms with Crippen molar-refractivity contribution in [3.63, 3.8) is 0 Å². The van der Waals surface area contributed by atoms with E-state index >= 15 is 0 Å². The van der Waals surface area contributed by atoms with E-state index in [1.807, 2.05) is 18.0 Å². The maximum atomic E-state index is 12.9. The van der Waals surface area contributed by atoms with Gasteiger partial charge < -0.3 is 19.5 Å². The highest BCUT2D eigenvalue weighted by Gasteiger charge is 2.61. The Morgan fingerprint density at radius 2 is 1.96 bits per heavy atom. The number of hydrogen-bond acceptors (Lipinski definition) is 7. The van der Waals surface area contributed by atoms with Gasteiger partial charge in [-0.3, -0.25) is 9.35 Å². The molecule has 8 nitrogen and oxygen atoms in total. The molecule has 28 heavy (non-hydrogen) atoms. The van der Waals surface area contributed by atoms with Gasteiger partial charge in [-0.1, -0.05) is 6.07 Å². The van der Waals surface area contributed by atoms with Crippen LogP contribution in [0.25, 0.3) is 0 Å². The van der Waals surface area contributed by atoms with Crippen LogP contribution in [-0.2, 0) is 31.5 Å². The Morgan fingerprint density at radius 3 is 2.57 bits per heavy atom. The summed E-state index contributed by atoms with van der Waals surface area (Å²) in [6, 6.07) is 3.26. The number of carbonyl (C=O) groups is 1. The van der Waals surface area contributed by atoms with E-state index in [4.69, 9.17) is 9.47 Å². The van der Waals surface area contributed by atoms with Crippen LogP contribution in [0, 0.1) is 5.92 Å². The maximum absolute atomic E-state index is 12.9. The number of ketones is 1. The van der Waals surface area contributed by atoms with Crippen molar-refractivity contribution in [2.75, 3.05) is 27.8 Å². The minimum atomic E-state index is -4.70. The van der Waals surface area contributed by atoms with Crippen molar-refractivity contribution in [1.29, 1.82) is 0 Å². The molecule has 1 aromatic carbocycles. The molecule has 1 fully saturated rings. The van der Waals surface area contributed by atoms with Crippen molar-refractivity contribution >= 4 is 15.9 Å². The van der Waals surface area contributed by atoms with Crippen LogP contribution in [0.5, 0.6) is 11.5 Å². The third kappa shape index (κ3) is 2.42. The number of methoxy groups -OCH3 is 2. The average Bonchev–Trinajstić information content (AvgIpc) is 2.62. The molecule has 0 aromatic heterocycles. The van der Waals surface area contributed by atoms with Crippen molar-refractivity contribution in [3.05, 3.63) is 33.9 Å². The number of carbonyl (C=O) groups excluding carboxylic acids is 1. The molecule has 0 amide bonds. The molecule has 1 aliphatic heterocycles. The molecule has 1 saturated heterocycles. The zero-order valence-corrected chi connectivity index (χ0v) is 16.7. The number of allylic oxidation sites excluding steroid dienone is 1. The lowest BCUT2D eigenvalue weighted by Gasteiger charge is -2.57. The number of fused-ring (bicyclic) bond motifs is 1. The summed E-state index contributed by atoms with van der Waals surface area (Å²) in [6.07, 6.45) is 0.929. The second-order valence-corrected chi connectivity index (χ2v) is 9.15. The summed E-state index contributed by atoms with van der Waals surface area (Å²) in [4.78, 5) is 14.6. The average molecular weight is 409 g/mol. The molecule has 3 aliphatic rings. The Morgan fingerprint density at radius 1 is 1.25 bits per heavy atom. The zero-order chi connectivity index (χ0) is 20.4. The fourth-order valence-electron chi connectivity index (χ4n) is 5.45. The van der Waals surface area contributed by atoms with Gasteiger partial charge in [-0.25, -0.2) is 0 Å². The molecule has 2 bridgehead atoms. The highest BCUT2D eigenvalue weighted by molar-refractivity contribution is 7.89. The van der Waals surface area contributed by atoms with E-state index < -0.39 is 27.2 Å². The Bertz CT molecular complexity index is 1000. The minimum absolute atomic E-state index is 0.00206. The summed E-state index contributed by atoms with van der Waals surface area (Å²) in [5, 5.41) is 10.9. The van der Waals surface area contributed by atoms with E-state index in [9.17, 15) is 22.9 Å². The van der Waals surface area contributed by atoms with E-state index in [1.54, 1.807) is 6.07 Å². The fraction of sp³-hybridized carbons (Fsp3) is 0.526. The van der Waals surface area contributed by atoms with Crippen LogP contribution >= 0.6 is 0 Å². The van der Waals surface area contributed by atoms with Gasteiger partial charge in [0.15, 0.2) is 23.0 Å². The van der Waals surface area contributed by atoms with Crippen LogP contribution in [-0.4, -0.2) is 62.6 Å². The topological polar surface area (TPSA) is 113 Å². The Balaban J connectivity index is 2.09. The van der Waals surface area contributed by atoms with Crippen LogP contribution in [0.15, 0.2) is 22.8 Å². The Hall–Kier alpha value is -2.10. The summed E-state index contributed by atoms with van der Waals surface area (Å²) in [5.41, 5.74) is 0.452. The van der Waals surface area contributed by atoms with Gasteiger partial charge in [0.1, 0.15) is 4.91 Å². The van der Waals surface area contributed by atoms with Gasteiger partial charge >= 0.3 is 0 Å². The number of phenols is 1. The Labute approximate surface area is 163 Å². The SMILES string of the molecule is COC1=C(S(=O)(=O)O)[C@@H]2[C@@H]3Cc4ccc(OC)c(O)c4[C@]2(CCN3C)CC1=O. The lowest BCUT2D eigenvalue weighted by molar-refractivity contribution is -0.123. The number of likely N-dealkylation sites (N-methyl/N-ethyl adjacent to an activating group) is 1. The number of aromatic hydroxyl groups is 1. The first kappa shape index (κ1) is 19.2. The van der Waals surface area contributed by atoms with Crippen molar-refractivity contribution in [2.45, 2.75) is 30.7 Å². The standard InChI is InChI=1S/C19H23NO7S/c1-20-7-6-19-9-12(21)17(27-3)18(28(23,24)25)15(19)11(20)8-10-4-5-13(26-2)16(22)14(10)19/h4-5,11,15,22H,6-9H2,1-3H3,(H,23,24,25)/t11-,15-,19-/m0/s1. The molecule has 0 radical (unpaired) electrons. The lowest BCUT2D eigenvalue weighted by atomic mass is 9.53. The molecule has 9 heteroatoms. The molecule has 152 valence electrons. The first-order valence-corrected chi connectivity index (χ1v) is 10.5. The van der Waals surface area contributed by atoms with Gasteiger partial charge in [0.2, 0.25) is 0 Å². The summed E-state index contributed by atoms with van der Waals surface area (Å²) < 4.78 is 45.2. The normalized spacial score (nSPS) is 29.9. The van der Waals surface area contributed by atoms with Crippen molar-refractivity contribution in [2.24, 2.45) is 5.92 Å². The summed E-state index contributed by atoms with van der Waals surface area (Å²) in [6.45, 7) is 0.631. The third-order valence-corrected chi connectivity index (χ3v) is 7.54. The van der Waals surface area contributed by atoms with E-state index in [-0.39, 0.29) is 34.6 Å². The molecule has 0 spiro atoms. The lowest BCUT2D eigenvalue weighted by Crippen LogP contribution is -2.62. The van der Waals surface area contributed by atoms with Gasteiger partial charge in [-0.2, -0.15) is 8.42 Å². The number of phenolic OH excluding ortho intramolecular Hbond substituents is 1. The quantitative estimate of drug-likeness (QED) is 0.717. The monoisotopic (exact) mass is 409 g/mol. The molecule has 4 rings (SSSR count). The second-order valence-electron chi connectivity index (χ2n) is 7.76. The van der Waals surface area contributed by atoms with Gasteiger partial charge in [-0.05, 0) is 38.1 Å². The molecule has 0 unspecified atom stereocenters. The van der Waals surface area contributed by atoms with E-state index in [1.165, 1.54) is 14.2 Å². The number of piperidine rings is 1. The van der Waals surface area contributed by atoms with Gasteiger partial charge in [0.25, 0.3) is 10.1 Å².